The first-order valence-corrected chi connectivity index (χ1v) is 4.29. The Bertz CT molecular complexity index is 246. The molecule has 0 rings (SSSR count). The summed E-state index contributed by atoms with van der Waals surface area (Å²) in [5.74, 6) is 7.29. The average Bonchev–Trinajstić information content (AvgIpc) is 2.08. The largest absolute Gasteiger partial charge is 0.419 e. The van der Waals surface area contributed by atoms with Crippen molar-refractivity contribution in [3.63, 3.8) is 0 Å². The molecule has 0 atom stereocenters. The van der Waals surface area contributed by atoms with Crippen LogP contribution in [-0.4, -0.2) is 16.1 Å². The molecule has 12 heavy (non-hydrogen) atoms. The molecule has 0 aromatic rings. The Balaban J connectivity index is 5.22. The maximum absolute atomic E-state index is 5.29. The first-order valence-electron chi connectivity index (χ1n) is 3.48. The summed E-state index contributed by atoms with van der Waals surface area (Å²) in [7, 11) is 0.555. The second-order valence-electron chi connectivity index (χ2n) is 2.90. The molecular formula is C10H12OSi. The molecule has 0 spiro atoms. The fourth-order valence-corrected chi connectivity index (χ4v) is 1.11. The van der Waals surface area contributed by atoms with Gasteiger partial charge in [0.1, 0.15) is 10.5 Å². The Morgan fingerprint density at radius 1 is 1.08 bits per heavy atom. The molecule has 0 aliphatic carbocycles. The van der Waals surface area contributed by atoms with Crippen LogP contribution < -0.4 is 0 Å². The van der Waals surface area contributed by atoms with Gasteiger partial charge in [0.25, 0.3) is 0 Å². The summed E-state index contributed by atoms with van der Waals surface area (Å²) in [5, 5.41) is 0. The zero-order chi connectivity index (χ0) is 9.83. The van der Waals surface area contributed by atoms with Gasteiger partial charge in [-0.25, -0.2) is 0 Å². The molecule has 0 radical (unpaired) electrons. The maximum atomic E-state index is 5.29. The highest BCUT2D eigenvalue weighted by Gasteiger charge is 2.40. The fraction of sp³-hybridized carbons (Fsp3) is 0.400. The summed E-state index contributed by atoms with van der Waals surface area (Å²) in [6.07, 6.45) is 15.9. The van der Waals surface area contributed by atoms with E-state index >= 15 is 0 Å². The van der Waals surface area contributed by atoms with Gasteiger partial charge in [0.05, 0.1) is 5.60 Å². The third kappa shape index (κ3) is 1.39. The molecule has 0 aliphatic heterocycles. The van der Waals surface area contributed by atoms with Crippen molar-refractivity contribution >= 4 is 10.5 Å². The SMILES string of the molecule is C#CC(C#C)(C#C)C(C)(C)O[SiH3]. The van der Waals surface area contributed by atoms with Crippen molar-refractivity contribution in [2.45, 2.75) is 19.4 Å². The minimum Gasteiger partial charge on any atom is -0.419 e. The first-order chi connectivity index (χ1) is 5.49. The van der Waals surface area contributed by atoms with Crippen molar-refractivity contribution in [2.75, 3.05) is 0 Å². The maximum Gasteiger partial charge on any atom is 0.177 e. The van der Waals surface area contributed by atoms with Crippen molar-refractivity contribution in [2.24, 2.45) is 5.41 Å². The van der Waals surface area contributed by atoms with E-state index in [0.29, 0.717) is 10.5 Å². The highest BCUT2D eigenvalue weighted by molar-refractivity contribution is 5.98. The molecule has 0 saturated carbocycles. The third-order valence-electron chi connectivity index (χ3n) is 2.06. The van der Waals surface area contributed by atoms with E-state index in [1.807, 2.05) is 0 Å². The molecule has 0 fully saturated rings. The van der Waals surface area contributed by atoms with Crippen LogP contribution in [0, 0.1) is 42.4 Å². The lowest BCUT2D eigenvalue weighted by atomic mass is 9.76. The van der Waals surface area contributed by atoms with Crippen LogP contribution in [0.3, 0.4) is 0 Å². The first kappa shape index (κ1) is 10.9. The summed E-state index contributed by atoms with van der Waals surface area (Å²) in [4.78, 5) is 0. The van der Waals surface area contributed by atoms with Crippen molar-refractivity contribution < 1.29 is 4.43 Å². The number of hydrogen-bond acceptors (Lipinski definition) is 1. The zero-order valence-electron chi connectivity index (χ0n) is 7.64. The topological polar surface area (TPSA) is 9.23 Å². The summed E-state index contributed by atoms with van der Waals surface area (Å²) >= 11 is 0. The lowest BCUT2D eigenvalue weighted by molar-refractivity contribution is 0.0730. The Morgan fingerprint density at radius 2 is 1.42 bits per heavy atom. The van der Waals surface area contributed by atoms with Crippen LogP contribution in [0.4, 0.5) is 0 Å². The normalized spacial score (nSPS) is 11.2. The Kier molecular flexibility index (Phi) is 3.17. The third-order valence-corrected chi connectivity index (χ3v) is 3.08. The van der Waals surface area contributed by atoms with Gasteiger partial charge in [-0.05, 0) is 13.8 Å². The van der Waals surface area contributed by atoms with Crippen LogP contribution in [-0.2, 0) is 4.43 Å². The van der Waals surface area contributed by atoms with Crippen LogP contribution in [0.1, 0.15) is 13.8 Å². The zero-order valence-corrected chi connectivity index (χ0v) is 9.64. The smallest absolute Gasteiger partial charge is 0.177 e. The van der Waals surface area contributed by atoms with Gasteiger partial charge in [0, 0.05) is 0 Å². The predicted octanol–water partition coefficient (Wildman–Crippen LogP) is -0.0520. The van der Waals surface area contributed by atoms with E-state index < -0.39 is 11.0 Å². The molecule has 0 amide bonds. The van der Waals surface area contributed by atoms with Gasteiger partial charge in [0.2, 0.25) is 0 Å². The molecule has 0 aromatic heterocycles. The second kappa shape index (κ2) is 3.50. The molecule has 2 heteroatoms. The highest BCUT2D eigenvalue weighted by Crippen LogP contribution is 2.31. The van der Waals surface area contributed by atoms with E-state index in [4.69, 9.17) is 23.7 Å². The molecule has 0 aromatic carbocycles. The van der Waals surface area contributed by atoms with E-state index in [0.717, 1.165) is 0 Å². The molecule has 0 saturated heterocycles. The quantitative estimate of drug-likeness (QED) is 0.423. The van der Waals surface area contributed by atoms with E-state index in [1.54, 1.807) is 13.8 Å². The van der Waals surface area contributed by atoms with Gasteiger partial charge in [-0.2, -0.15) is 0 Å². The molecule has 0 aliphatic rings. The molecule has 62 valence electrons. The minimum absolute atomic E-state index is 0.555. The van der Waals surface area contributed by atoms with E-state index in [9.17, 15) is 0 Å². The Morgan fingerprint density at radius 3 is 1.50 bits per heavy atom. The van der Waals surface area contributed by atoms with Crippen LogP contribution >= 0.6 is 0 Å². The number of rotatable bonds is 2. The van der Waals surface area contributed by atoms with Crippen molar-refractivity contribution in [3.8, 4) is 37.0 Å². The molecular weight excluding hydrogens is 164 g/mol. The van der Waals surface area contributed by atoms with Crippen LogP contribution in [0.2, 0.25) is 0 Å². The van der Waals surface area contributed by atoms with Gasteiger partial charge in [-0.15, -0.1) is 19.3 Å². The molecule has 0 N–H and O–H groups in total. The van der Waals surface area contributed by atoms with E-state index in [-0.39, 0.29) is 0 Å². The van der Waals surface area contributed by atoms with Crippen molar-refractivity contribution in [1.82, 2.24) is 0 Å². The van der Waals surface area contributed by atoms with Crippen molar-refractivity contribution in [3.05, 3.63) is 0 Å². The molecule has 1 nitrogen and oxygen atoms in total. The summed E-state index contributed by atoms with van der Waals surface area (Å²) in [5.41, 5.74) is -1.67. The second-order valence-corrected chi connectivity index (χ2v) is 3.31. The van der Waals surface area contributed by atoms with Crippen LogP contribution in [0.25, 0.3) is 0 Å². The van der Waals surface area contributed by atoms with E-state index in [2.05, 4.69) is 17.8 Å². The lowest BCUT2D eigenvalue weighted by Crippen LogP contribution is -2.42. The monoisotopic (exact) mass is 176 g/mol. The molecule has 0 bridgehead atoms. The predicted molar refractivity (Wildman–Crippen MR) is 54.0 cm³/mol. The fourth-order valence-electron chi connectivity index (χ4n) is 0.799. The van der Waals surface area contributed by atoms with Crippen molar-refractivity contribution in [1.29, 1.82) is 0 Å². The Hall–Kier alpha value is -1.14. The standard InChI is InChI=1S/C10H12OSi/c1-6-10(7-2,8-3)9(4,5)11-12/h1-3H,4-5,12H3. The Labute approximate surface area is 77.4 Å². The molecule has 0 unspecified atom stereocenters. The van der Waals surface area contributed by atoms with Crippen LogP contribution in [0.15, 0.2) is 0 Å². The summed E-state index contributed by atoms with van der Waals surface area (Å²) in [6, 6.07) is 0. The van der Waals surface area contributed by atoms with Gasteiger partial charge in [-0.3, -0.25) is 0 Å². The van der Waals surface area contributed by atoms with Gasteiger partial charge in [0.15, 0.2) is 5.41 Å². The summed E-state index contributed by atoms with van der Waals surface area (Å²) in [6.45, 7) is 3.61. The van der Waals surface area contributed by atoms with Gasteiger partial charge < -0.3 is 4.43 Å². The average molecular weight is 176 g/mol. The number of hydrogen-bond donors (Lipinski definition) is 0. The molecule has 0 heterocycles. The lowest BCUT2D eigenvalue weighted by Gasteiger charge is -2.34. The van der Waals surface area contributed by atoms with Crippen LogP contribution in [0.5, 0.6) is 0 Å². The van der Waals surface area contributed by atoms with Gasteiger partial charge >= 0.3 is 0 Å². The number of terminal acetylenes is 3. The van der Waals surface area contributed by atoms with E-state index in [1.165, 1.54) is 0 Å². The highest BCUT2D eigenvalue weighted by atomic mass is 28.2. The van der Waals surface area contributed by atoms with Gasteiger partial charge in [-0.1, -0.05) is 17.8 Å². The summed E-state index contributed by atoms with van der Waals surface area (Å²) < 4.78 is 5.29. The minimum atomic E-state index is -1.03.